The van der Waals surface area contributed by atoms with Crippen LogP contribution in [0.4, 0.5) is 0 Å². The summed E-state index contributed by atoms with van der Waals surface area (Å²) >= 11 is 0. The summed E-state index contributed by atoms with van der Waals surface area (Å²) in [4.78, 5) is 2.57. The highest BCUT2D eigenvalue weighted by Crippen LogP contribution is 2.31. The van der Waals surface area contributed by atoms with Crippen molar-refractivity contribution in [2.24, 2.45) is 11.3 Å². The largest absolute Gasteiger partial charge is 0.381 e. The van der Waals surface area contributed by atoms with Crippen molar-refractivity contribution in [1.29, 1.82) is 0 Å². The molecule has 1 aliphatic heterocycles. The summed E-state index contributed by atoms with van der Waals surface area (Å²) in [6.07, 6.45) is 6.38. The summed E-state index contributed by atoms with van der Waals surface area (Å²) in [7, 11) is 0. The summed E-state index contributed by atoms with van der Waals surface area (Å²) in [6, 6.07) is 0. The SMILES string of the molecule is CC(C)(C)CC1CN(CCCOCCCOC2CC(OC(C)(C)C)C2)C1. The smallest absolute Gasteiger partial charge is 0.0631 e. The summed E-state index contributed by atoms with van der Waals surface area (Å²) < 4.78 is 17.6. The normalized spacial score (nSPS) is 25.2. The van der Waals surface area contributed by atoms with Crippen LogP contribution in [0.15, 0.2) is 0 Å². The van der Waals surface area contributed by atoms with Crippen molar-refractivity contribution in [3.8, 4) is 0 Å². The predicted octanol–water partition coefficient (Wildman–Crippen LogP) is 4.51. The zero-order valence-corrected chi connectivity index (χ0v) is 18.2. The van der Waals surface area contributed by atoms with Crippen molar-refractivity contribution >= 4 is 0 Å². The molecule has 0 spiro atoms. The van der Waals surface area contributed by atoms with E-state index in [9.17, 15) is 0 Å². The van der Waals surface area contributed by atoms with E-state index in [0.717, 1.165) is 51.4 Å². The Bertz CT molecular complexity index is 349. The van der Waals surface area contributed by atoms with Crippen molar-refractivity contribution < 1.29 is 14.2 Å². The number of rotatable bonds is 11. The standard InChI is InChI=1S/C22H43NO3/c1-21(2,3)15-18-16-23(17-18)9-7-10-24-11-8-12-25-19-13-20(14-19)26-22(4,5)6/h18-20H,7-17H2,1-6H3. The fraction of sp³-hybridized carbons (Fsp3) is 1.00. The molecule has 1 aliphatic carbocycles. The van der Waals surface area contributed by atoms with Gasteiger partial charge >= 0.3 is 0 Å². The monoisotopic (exact) mass is 369 g/mol. The van der Waals surface area contributed by atoms with Gasteiger partial charge in [0.05, 0.1) is 17.8 Å². The minimum atomic E-state index is -0.0347. The van der Waals surface area contributed by atoms with Gasteiger partial charge in [0.2, 0.25) is 0 Å². The molecule has 0 aromatic rings. The highest BCUT2D eigenvalue weighted by molar-refractivity contribution is 4.84. The van der Waals surface area contributed by atoms with Gasteiger partial charge in [0.15, 0.2) is 0 Å². The fourth-order valence-electron chi connectivity index (χ4n) is 4.01. The number of hydrogen-bond donors (Lipinski definition) is 0. The molecule has 0 atom stereocenters. The second kappa shape index (κ2) is 9.86. The average molecular weight is 370 g/mol. The maximum atomic E-state index is 5.93. The van der Waals surface area contributed by atoms with E-state index in [-0.39, 0.29) is 5.60 Å². The van der Waals surface area contributed by atoms with Gasteiger partial charge in [0.1, 0.15) is 0 Å². The lowest BCUT2D eigenvalue weighted by atomic mass is 9.81. The average Bonchev–Trinajstić information content (AvgIpc) is 2.41. The number of nitrogens with zero attached hydrogens (tertiary/aromatic N) is 1. The minimum absolute atomic E-state index is 0.0347. The quantitative estimate of drug-likeness (QED) is 0.501. The van der Waals surface area contributed by atoms with E-state index < -0.39 is 0 Å². The third-order valence-corrected chi connectivity index (χ3v) is 5.06. The topological polar surface area (TPSA) is 30.9 Å². The van der Waals surface area contributed by atoms with E-state index in [1.807, 2.05) is 0 Å². The summed E-state index contributed by atoms with van der Waals surface area (Å²) in [5.74, 6) is 0.910. The molecule has 1 saturated carbocycles. The highest BCUT2D eigenvalue weighted by atomic mass is 16.5. The highest BCUT2D eigenvalue weighted by Gasteiger charge is 2.33. The molecule has 0 aromatic heterocycles. The number of ether oxygens (including phenoxy) is 3. The van der Waals surface area contributed by atoms with Crippen LogP contribution in [-0.4, -0.2) is 62.2 Å². The molecule has 2 fully saturated rings. The van der Waals surface area contributed by atoms with E-state index in [0.29, 0.717) is 17.6 Å². The first-order valence-corrected chi connectivity index (χ1v) is 10.7. The lowest BCUT2D eigenvalue weighted by Crippen LogP contribution is -2.48. The zero-order valence-electron chi connectivity index (χ0n) is 18.2. The third-order valence-electron chi connectivity index (χ3n) is 5.06. The van der Waals surface area contributed by atoms with Crippen molar-refractivity contribution in [3.05, 3.63) is 0 Å². The van der Waals surface area contributed by atoms with Crippen molar-refractivity contribution in [2.75, 3.05) is 39.5 Å². The number of hydrogen-bond acceptors (Lipinski definition) is 4. The Hall–Kier alpha value is -0.160. The van der Waals surface area contributed by atoms with E-state index in [1.54, 1.807) is 0 Å². The molecule has 154 valence electrons. The number of likely N-dealkylation sites (tertiary alicyclic amines) is 1. The van der Waals surface area contributed by atoms with Crippen LogP contribution in [0, 0.1) is 11.3 Å². The van der Waals surface area contributed by atoms with Crippen LogP contribution in [0.5, 0.6) is 0 Å². The van der Waals surface area contributed by atoms with Gasteiger partial charge in [-0.3, -0.25) is 0 Å². The predicted molar refractivity (Wildman–Crippen MR) is 108 cm³/mol. The van der Waals surface area contributed by atoms with E-state index in [2.05, 4.69) is 46.4 Å². The maximum Gasteiger partial charge on any atom is 0.0631 e. The summed E-state index contributed by atoms with van der Waals surface area (Å²) in [5.41, 5.74) is 0.439. The summed E-state index contributed by atoms with van der Waals surface area (Å²) in [5, 5.41) is 0. The second-order valence-corrected chi connectivity index (χ2v) is 10.5. The third kappa shape index (κ3) is 9.16. The van der Waals surface area contributed by atoms with Crippen LogP contribution < -0.4 is 0 Å². The van der Waals surface area contributed by atoms with Crippen LogP contribution in [0.1, 0.15) is 73.6 Å². The van der Waals surface area contributed by atoms with Gasteiger partial charge in [-0.2, -0.15) is 0 Å². The Balaban J connectivity index is 1.32. The van der Waals surface area contributed by atoms with Crippen LogP contribution in [0.2, 0.25) is 0 Å². The van der Waals surface area contributed by atoms with Gasteiger partial charge in [-0.15, -0.1) is 0 Å². The maximum absolute atomic E-state index is 5.93. The van der Waals surface area contributed by atoms with Crippen molar-refractivity contribution in [2.45, 2.75) is 91.5 Å². The molecule has 0 unspecified atom stereocenters. The molecule has 0 N–H and O–H groups in total. The fourth-order valence-corrected chi connectivity index (χ4v) is 4.01. The van der Waals surface area contributed by atoms with E-state index in [4.69, 9.17) is 14.2 Å². The van der Waals surface area contributed by atoms with Crippen molar-refractivity contribution in [3.63, 3.8) is 0 Å². The lowest BCUT2D eigenvalue weighted by molar-refractivity contribution is -0.149. The van der Waals surface area contributed by atoms with Gasteiger partial charge in [-0.05, 0) is 64.2 Å². The Morgan fingerprint density at radius 2 is 1.50 bits per heavy atom. The first-order chi connectivity index (χ1) is 12.1. The molecule has 26 heavy (non-hydrogen) atoms. The van der Waals surface area contributed by atoms with Crippen LogP contribution in [-0.2, 0) is 14.2 Å². The van der Waals surface area contributed by atoms with Crippen LogP contribution >= 0.6 is 0 Å². The molecule has 0 radical (unpaired) electrons. The second-order valence-electron chi connectivity index (χ2n) is 10.5. The molecule has 1 heterocycles. The molecule has 0 amide bonds. The molecule has 0 aromatic carbocycles. The zero-order chi connectivity index (χ0) is 19.2. The molecule has 4 heteroatoms. The first kappa shape index (κ1) is 22.1. The molecule has 2 aliphatic rings. The van der Waals surface area contributed by atoms with Gasteiger partial charge in [0.25, 0.3) is 0 Å². The van der Waals surface area contributed by atoms with E-state index >= 15 is 0 Å². The molecular weight excluding hydrogens is 326 g/mol. The molecule has 0 bridgehead atoms. The Kier molecular flexibility index (Phi) is 8.39. The van der Waals surface area contributed by atoms with Crippen LogP contribution in [0.25, 0.3) is 0 Å². The Morgan fingerprint density at radius 1 is 0.846 bits per heavy atom. The first-order valence-electron chi connectivity index (χ1n) is 10.7. The van der Waals surface area contributed by atoms with Gasteiger partial charge in [0, 0.05) is 39.5 Å². The summed E-state index contributed by atoms with van der Waals surface area (Å²) in [6.45, 7) is 19.6. The lowest BCUT2D eigenvalue weighted by Gasteiger charge is -2.42. The van der Waals surface area contributed by atoms with E-state index in [1.165, 1.54) is 26.1 Å². The minimum Gasteiger partial charge on any atom is -0.381 e. The van der Waals surface area contributed by atoms with Crippen molar-refractivity contribution in [1.82, 2.24) is 4.90 Å². The van der Waals surface area contributed by atoms with Gasteiger partial charge < -0.3 is 19.1 Å². The molecule has 4 nitrogen and oxygen atoms in total. The van der Waals surface area contributed by atoms with Crippen LogP contribution in [0.3, 0.4) is 0 Å². The molecular formula is C22H43NO3. The Labute approximate surface area is 161 Å². The Morgan fingerprint density at radius 3 is 2.12 bits per heavy atom. The molecule has 2 rings (SSSR count). The van der Waals surface area contributed by atoms with Gasteiger partial charge in [-0.25, -0.2) is 0 Å². The molecule has 1 saturated heterocycles. The van der Waals surface area contributed by atoms with Gasteiger partial charge in [-0.1, -0.05) is 20.8 Å².